The average molecular weight is 317 g/mol. The Morgan fingerprint density at radius 2 is 2.35 bits per heavy atom. The molecule has 1 aliphatic carbocycles. The third-order valence-corrected chi connectivity index (χ3v) is 4.91. The second-order valence-corrected chi connectivity index (χ2v) is 6.18. The van der Waals surface area contributed by atoms with Crippen molar-refractivity contribution in [3.05, 3.63) is 20.8 Å². The van der Waals surface area contributed by atoms with E-state index in [4.69, 9.17) is 0 Å². The monoisotopic (exact) mass is 316 g/mol. The fourth-order valence-corrected chi connectivity index (χ4v) is 3.42. The largest absolute Gasteiger partial charge is 0.355 e. The zero-order valence-electron chi connectivity index (χ0n) is 9.83. The topological polar surface area (TPSA) is 41.1 Å². The van der Waals surface area contributed by atoms with Gasteiger partial charge in [-0.25, -0.2) is 0 Å². The number of amides is 1. The Bertz CT molecular complexity index is 390. The summed E-state index contributed by atoms with van der Waals surface area (Å²) >= 11 is 5.27. The number of halogens is 1. The number of thiophene rings is 1. The van der Waals surface area contributed by atoms with Crippen molar-refractivity contribution >= 4 is 33.2 Å². The lowest BCUT2D eigenvalue weighted by atomic mass is 10.3. The molecule has 1 saturated carbocycles. The van der Waals surface area contributed by atoms with Crippen molar-refractivity contribution in [1.82, 2.24) is 10.6 Å². The fourth-order valence-electron chi connectivity index (χ4n) is 1.67. The summed E-state index contributed by atoms with van der Waals surface area (Å²) in [6, 6.07) is 2.38. The Labute approximate surface area is 114 Å². The minimum absolute atomic E-state index is 0.219. The van der Waals surface area contributed by atoms with Crippen LogP contribution in [0, 0.1) is 5.92 Å². The van der Waals surface area contributed by atoms with Gasteiger partial charge in [-0.1, -0.05) is 0 Å². The molecule has 1 aromatic heterocycles. The van der Waals surface area contributed by atoms with Gasteiger partial charge in [0, 0.05) is 34.4 Å². The molecule has 3 nitrogen and oxygen atoms in total. The molecule has 1 atom stereocenters. The molecule has 0 aromatic carbocycles. The molecule has 0 aliphatic heterocycles. The zero-order chi connectivity index (χ0) is 12.3. The Morgan fingerprint density at radius 3 is 2.94 bits per heavy atom. The van der Waals surface area contributed by atoms with E-state index in [1.54, 1.807) is 11.3 Å². The summed E-state index contributed by atoms with van der Waals surface area (Å²) in [4.78, 5) is 12.7. The highest BCUT2D eigenvalue weighted by Crippen LogP contribution is 2.29. The zero-order valence-corrected chi connectivity index (χ0v) is 12.2. The SMILES string of the molecule is CC(NCCNC(=O)C1CC1)c1sccc1Br. The summed E-state index contributed by atoms with van der Waals surface area (Å²) in [5.74, 6) is 0.524. The van der Waals surface area contributed by atoms with Gasteiger partial charge in [-0.3, -0.25) is 4.79 Å². The van der Waals surface area contributed by atoms with E-state index >= 15 is 0 Å². The second kappa shape index (κ2) is 5.98. The van der Waals surface area contributed by atoms with Crippen molar-refractivity contribution in [2.75, 3.05) is 13.1 Å². The third kappa shape index (κ3) is 3.79. The van der Waals surface area contributed by atoms with Crippen molar-refractivity contribution in [3.8, 4) is 0 Å². The Morgan fingerprint density at radius 1 is 1.59 bits per heavy atom. The van der Waals surface area contributed by atoms with Gasteiger partial charge in [0.15, 0.2) is 0 Å². The highest BCUT2D eigenvalue weighted by atomic mass is 79.9. The van der Waals surface area contributed by atoms with Gasteiger partial charge in [0.2, 0.25) is 5.91 Å². The minimum atomic E-state index is 0.219. The van der Waals surface area contributed by atoms with E-state index < -0.39 is 0 Å². The molecule has 1 fully saturated rings. The van der Waals surface area contributed by atoms with Crippen LogP contribution in [0.25, 0.3) is 0 Å². The Kier molecular flexibility index (Phi) is 4.59. The lowest BCUT2D eigenvalue weighted by molar-refractivity contribution is -0.122. The van der Waals surface area contributed by atoms with Crippen LogP contribution in [0.4, 0.5) is 0 Å². The van der Waals surface area contributed by atoms with Crippen LogP contribution >= 0.6 is 27.3 Å². The summed E-state index contributed by atoms with van der Waals surface area (Å²) < 4.78 is 1.16. The van der Waals surface area contributed by atoms with Crippen molar-refractivity contribution in [2.24, 2.45) is 5.92 Å². The van der Waals surface area contributed by atoms with Crippen LogP contribution in [0.1, 0.15) is 30.7 Å². The molecule has 0 saturated heterocycles. The average Bonchev–Trinajstić information content (AvgIpc) is 3.07. The van der Waals surface area contributed by atoms with E-state index in [2.05, 4.69) is 44.9 Å². The highest BCUT2D eigenvalue weighted by molar-refractivity contribution is 9.10. The molecule has 2 rings (SSSR count). The van der Waals surface area contributed by atoms with Crippen LogP contribution in [0.15, 0.2) is 15.9 Å². The van der Waals surface area contributed by atoms with Gasteiger partial charge in [0.1, 0.15) is 0 Å². The maximum absolute atomic E-state index is 11.4. The smallest absolute Gasteiger partial charge is 0.223 e. The predicted octanol–water partition coefficient (Wildman–Crippen LogP) is 2.69. The molecule has 0 radical (unpaired) electrons. The summed E-state index contributed by atoms with van der Waals surface area (Å²) in [5, 5.41) is 8.43. The van der Waals surface area contributed by atoms with Crippen LogP contribution in [-0.2, 0) is 4.79 Å². The molecule has 1 aliphatic rings. The minimum Gasteiger partial charge on any atom is -0.355 e. The summed E-state index contributed by atoms with van der Waals surface area (Å²) in [5.41, 5.74) is 0. The van der Waals surface area contributed by atoms with E-state index in [0.29, 0.717) is 18.5 Å². The quantitative estimate of drug-likeness (QED) is 0.792. The molecule has 94 valence electrons. The molecule has 1 unspecified atom stereocenters. The van der Waals surface area contributed by atoms with Crippen molar-refractivity contribution in [2.45, 2.75) is 25.8 Å². The number of rotatable bonds is 6. The van der Waals surface area contributed by atoms with E-state index in [1.807, 2.05) is 0 Å². The maximum Gasteiger partial charge on any atom is 0.223 e. The number of hydrogen-bond donors (Lipinski definition) is 2. The number of hydrogen-bond acceptors (Lipinski definition) is 3. The fraction of sp³-hybridized carbons (Fsp3) is 0.583. The summed E-state index contributed by atoms with van der Waals surface area (Å²) in [6.07, 6.45) is 2.13. The van der Waals surface area contributed by atoms with Gasteiger partial charge < -0.3 is 10.6 Å². The summed E-state index contributed by atoms with van der Waals surface area (Å²) in [7, 11) is 0. The van der Waals surface area contributed by atoms with E-state index in [9.17, 15) is 4.79 Å². The lowest BCUT2D eigenvalue weighted by Crippen LogP contribution is -2.33. The molecular weight excluding hydrogens is 300 g/mol. The predicted molar refractivity (Wildman–Crippen MR) is 74.2 cm³/mol. The molecule has 1 amide bonds. The van der Waals surface area contributed by atoms with Crippen molar-refractivity contribution in [3.63, 3.8) is 0 Å². The van der Waals surface area contributed by atoms with Gasteiger partial charge in [0.05, 0.1) is 0 Å². The van der Waals surface area contributed by atoms with Gasteiger partial charge >= 0.3 is 0 Å². The van der Waals surface area contributed by atoms with Gasteiger partial charge in [-0.05, 0) is 47.1 Å². The van der Waals surface area contributed by atoms with Crippen LogP contribution in [0.2, 0.25) is 0 Å². The molecule has 0 spiro atoms. The Balaban J connectivity index is 1.64. The maximum atomic E-state index is 11.4. The van der Waals surface area contributed by atoms with Crippen LogP contribution < -0.4 is 10.6 Å². The first-order valence-corrected chi connectivity index (χ1v) is 7.59. The molecule has 5 heteroatoms. The van der Waals surface area contributed by atoms with Crippen LogP contribution in [-0.4, -0.2) is 19.0 Å². The van der Waals surface area contributed by atoms with Crippen LogP contribution in [0.3, 0.4) is 0 Å². The Hall–Kier alpha value is -0.390. The third-order valence-electron chi connectivity index (χ3n) is 2.86. The number of carbonyl (C=O) groups excluding carboxylic acids is 1. The van der Waals surface area contributed by atoms with Gasteiger partial charge in [-0.15, -0.1) is 11.3 Å². The number of carbonyl (C=O) groups is 1. The normalized spacial score (nSPS) is 16.8. The van der Waals surface area contributed by atoms with Crippen molar-refractivity contribution < 1.29 is 4.79 Å². The molecule has 0 bridgehead atoms. The molecular formula is C12H17BrN2OS. The van der Waals surface area contributed by atoms with Gasteiger partial charge in [-0.2, -0.15) is 0 Å². The summed E-state index contributed by atoms with van der Waals surface area (Å²) in [6.45, 7) is 3.66. The lowest BCUT2D eigenvalue weighted by Gasteiger charge is -2.13. The number of nitrogens with one attached hydrogen (secondary N) is 2. The highest BCUT2D eigenvalue weighted by Gasteiger charge is 2.28. The first-order chi connectivity index (χ1) is 8.18. The van der Waals surface area contributed by atoms with E-state index in [0.717, 1.165) is 23.9 Å². The van der Waals surface area contributed by atoms with Gasteiger partial charge in [0.25, 0.3) is 0 Å². The standard InChI is InChI=1S/C12H17BrN2OS/c1-8(11-10(13)4-7-17-11)14-5-6-15-12(16)9-2-3-9/h4,7-9,14H,2-3,5-6H2,1H3,(H,15,16). The van der Waals surface area contributed by atoms with E-state index in [-0.39, 0.29) is 5.91 Å². The molecule has 2 N–H and O–H groups in total. The first kappa shape index (κ1) is 13.1. The van der Waals surface area contributed by atoms with Crippen molar-refractivity contribution in [1.29, 1.82) is 0 Å². The first-order valence-electron chi connectivity index (χ1n) is 5.92. The second-order valence-electron chi connectivity index (χ2n) is 4.37. The van der Waals surface area contributed by atoms with Crippen LogP contribution in [0.5, 0.6) is 0 Å². The molecule has 1 aromatic rings. The van der Waals surface area contributed by atoms with E-state index in [1.165, 1.54) is 4.88 Å². The molecule has 1 heterocycles. The molecule has 17 heavy (non-hydrogen) atoms.